The fraction of sp³-hybridized carbons (Fsp3) is 0.292. The van der Waals surface area contributed by atoms with Crippen LogP contribution in [0, 0.1) is 5.92 Å². The number of anilines is 3. The highest BCUT2D eigenvalue weighted by Crippen LogP contribution is 2.61. The van der Waals surface area contributed by atoms with Gasteiger partial charge in [-0.15, -0.1) is 0 Å². The van der Waals surface area contributed by atoms with E-state index in [2.05, 4.69) is 32.2 Å². The van der Waals surface area contributed by atoms with Crippen molar-refractivity contribution in [2.45, 2.75) is 63.1 Å². The first-order chi connectivity index (χ1) is 28.6. The number of para-hydroxylation sites is 1. The van der Waals surface area contributed by atoms with E-state index in [1.54, 1.807) is 16.9 Å². The lowest BCUT2D eigenvalue weighted by Gasteiger charge is -2.37. The van der Waals surface area contributed by atoms with E-state index < -0.39 is 25.7 Å². The van der Waals surface area contributed by atoms with Crippen LogP contribution in [0.15, 0.2) is 139 Å². The monoisotopic (exact) mass is 806 g/mol. The van der Waals surface area contributed by atoms with Crippen LogP contribution in [0.2, 0.25) is 18.6 Å². The molecule has 5 aromatic rings. The van der Waals surface area contributed by atoms with Crippen LogP contribution in [0.4, 0.5) is 17.1 Å². The summed E-state index contributed by atoms with van der Waals surface area (Å²) in [6, 6.07) is 42.9. The van der Waals surface area contributed by atoms with Crippen molar-refractivity contribution in [1.29, 1.82) is 0 Å². The van der Waals surface area contributed by atoms with Gasteiger partial charge < -0.3 is 19.5 Å². The van der Waals surface area contributed by atoms with E-state index in [9.17, 15) is 14.7 Å². The molecule has 5 aromatic carbocycles. The zero-order valence-electron chi connectivity index (χ0n) is 34.0. The lowest BCUT2D eigenvalue weighted by Crippen LogP contribution is -2.52. The van der Waals surface area contributed by atoms with Gasteiger partial charge >= 0.3 is 0 Å². The second-order valence-electron chi connectivity index (χ2n) is 16.2. The fourth-order valence-electron chi connectivity index (χ4n) is 9.50. The number of nitrogens with zero attached hydrogens (tertiary/aromatic N) is 4. The number of fused-ring (bicyclic) bond motifs is 2. The summed E-state index contributed by atoms with van der Waals surface area (Å²) in [6.45, 7) is 6.95. The number of aliphatic hydroxyl groups excluding tert-OH is 1. The summed E-state index contributed by atoms with van der Waals surface area (Å²) in [5, 5.41) is 17.6. The van der Waals surface area contributed by atoms with Gasteiger partial charge in [0.25, 0.3) is 5.91 Å². The molecule has 0 unspecified atom stereocenters. The highest BCUT2D eigenvalue weighted by molar-refractivity contribution is 6.91. The van der Waals surface area contributed by atoms with Gasteiger partial charge in [-0.25, -0.2) is 5.01 Å². The Morgan fingerprint density at radius 2 is 1.54 bits per heavy atom. The quantitative estimate of drug-likeness (QED) is 0.131. The summed E-state index contributed by atoms with van der Waals surface area (Å²) >= 11 is 0. The van der Waals surface area contributed by atoms with Gasteiger partial charge in [0.05, 0.1) is 51.4 Å². The maximum atomic E-state index is 15.6. The molecule has 3 aliphatic heterocycles. The second-order valence-corrected chi connectivity index (χ2v) is 20.9. The number of hydrazone groups is 1. The number of amides is 3. The zero-order chi connectivity index (χ0) is 41.3. The number of ether oxygens (including phenoxy) is 2. The van der Waals surface area contributed by atoms with E-state index in [0.29, 0.717) is 42.0 Å². The fourth-order valence-corrected chi connectivity index (χ4v) is 13.5. The van der Waals surface area contributed by atoms with E-state index in [1.165, 1.54) is 5.01 Å². The maximum Gasteiger partial charge on any atom is 0.268 e. The third-order valence-electron chi connectivity index (χ3n) is 12.4. The van der Waals surface area contributed by atoms with E-state index in [0.717, 1.165) is 27.8 Å². The van der Waals surface area contributed by atoms with Gasteiger partial charge in [-0.05, 0) is 59.1 Å². The lowest BCUT2D eigenvalue weighted by atomic mass is 9.82. The van der Waals surface area contributed by atoms with Gasteiger partial charge in [-0.2, -0.15) is 5.10 Å². The van der Waals surface area contributed by atoms with E-state index >= 15 is 4.79 Å². The smallest absolute Gasteiger partial charge is 0.268 e. The van der Waals surface area contributed by atoms with Gasteiger partial charge in [0.1, 0.15) is 5.75 Å². The Morgan fingerprint density at radius 3 is 2.20 bits per heavy atom. The van der Waals surface area contributed by atoms with Crippen LogP contribution in [-0.4, -0.2) is 67.9 Å². The van der Waals surface area contributed by atoms with Crippen LogP contribution in [0.25, 0.3) is 0 Å². The number of benzene rings is 5. The Morgan fingerprint density at radius 1 is 0.881 bits per heavy atom. The van der Waals surface area contributed by atoms with Gasteiger partial charge in [0, 0.05) is 43.1 Å². The molecule has 1 saturated heterocycles. The molecule has 3 heterocycles. The van der Waals surface area contributed by atoms with Crippen LogP contribution < -0.4 is 19.8 Å². The molecular formula is C48H50N4O6Si. The van der Waals surface area contributed by atoms with Crippen molar-refractivity contribution in [3.63, 3.8) is 0 Å². The third-order valence-corrected chi connectivity index (χ3v) is 16.8. The molecular weight excluding hydrogens is 757 g/mol. The number of carbonyl (C=O) groups excluding carboxylic acids is 3. The summed E-state index contributed by atoms with van der Waals surface area (Å²) in [4.78, 5) is 47.1. The van der Waals surface area contributed by atoms with Crippen LogP contribution in [0.5, 0.6) is 5.75 Å². The van der Waals surface area contributed by atoms with Crippen LogP contribution >= 0.6 is 0 Å². The first-order valence-corrected chi connectivity index (χ1v) is 23.4. The van der Waals surface area contributed by atoms with Gasteiger partial charge in [-0.1, -0.05) is 116 Å². The standard InChI is InChI=1S/C48H50N4O6Si/c1-33-46(59(3,4)39-23-21-38(57-2)22-24-39)43(31-45(55)50(28-29-53)32-34-14-8-5-9-15-34)58-48(33)40-30-37(20-26-42(40)51(47(48)56)36-18-12-7-13-19-36)52-44(54)27-25-41(49-52)35-16-10-6-11-17-35/h5-24,26,30,33,43,46,53H,25,27-29,31-32H2,1-4H3/t33-,43+,46-,48+/m0/s1. The van der Waals surface area contributed by atoms with Crippen molar-refractivity contribution in [3.8, 4) is 5.75 Å². The molecule has 3 aliphatic rings. The van der Waals surface area contributed by atoms with Crippen molar-refractivity contribution in [2.24, 2.45) is 11.0 Å². The molecule has 1 spiro atoms. The van der Waals surface area contributed by atoms with Crippen molar-refractivity contribution < 1.29 is 29.0 Å². The number of hydrogen-bond acceptors (Lipinski definition) is 7. The molecule has 302 valence electrons. The SMILES string of the molecule is COc1ccc([Si](C)(C)[C@@H]2[C@@H](CC(=O)N(CCO)Cc3ccccc3)O[C@]3(C(=O)N(c4ccccc4)c4ccc(N5N=C(c6ccccc6)CCC5=O)cc43)[C@H]2C)cc1. The molecule has 3 amide bonds. The third kappa shape index (κ3) is 7.28. The van der Waals surface area contributed by atoms with Crippen molar-refractivity contribution >= 4 is 53.8 Å². The minimum atomic E-state index is -2.61. The highest BCUT2D eigenvalue weighted by atomic mass is 28.3. The average Bonchev–Trinajstić information content (AvgIpc) is 3.70. The van der Waals surface area contributed by atoms with Crippen LogP contribution in [0.1, 0.15) is 42.9 Å². The minimum absolute atomic E-state index is 0.0131. The van der Waals surface area contributed by atoms with Crippen LogP contribution in [-0.2, 0) is 31.3 Å². The Labute approximate surface area is 346 Å². The summed E-state index contributed by atoms with van der Waals surface area (Å²) in [7, 11) is -0.966. The molecule has 0 bridgehead atoms. The number of aliphatic hydroxyl groups is 1. The molecule has 1 fully saturated rings. The Bertz CT molecular complexity index is 2360. The van der Waals surface area contributed by atoms with E-state index in [1.807, 2.05) is 121 Å². The zero-order valence-corrected chi connectivity index (χ0v) is 35.0. The number of methoxy groups -OCH3 is 1. The van der Waals surface area contributed by atoms with Gasteiger partial charge in [0.15, 0.2) is 5.60 Å². The molecule has 4 atom stereocenters. The van der Waals surface area contributed by atoms with Crippen molar-refractivity contribution in [3.05, 3.63) is 150 Å². The summed E-state index contributed by atoms with van der Waals surface area (Å²) in [5.74, 6) is -0.199. The predicted octanol–water partition coefficient (Wildman–Crippen LogP) is 7.53. The molecule has 0 saturated carbocycles. The lowest BCUT2D eigenvalue weighted by molar-refractivity contribution is -0.149. The Balaban J connectivity index is 1.26. The normalized spacial score (nSPS) is 21.4. The maximum absolute atomic E-state index is 15.6. The molecule has 11 heteroatoms. The first kappa shape index (κ1) is 39.9. The Hall–Kier alpha value is -5.88. The predicted molar refractivity (Wildman–Crippen MR) is 233 cm³/mol. The van der Waals surface area contributed by atoms with E-state index in [-0.39, 0.29) is 42.8 Å². The largest absolute Gasteiger partial charge is 0.497 e. The molecule has 0 aliphatic carbocycles. The van der Waals surface area contributed by atoms with E-state index in [4.69, 9.17) is 14.6 Å². The molecule has 10 nitrogen and oxygen atoms in total. The highest BCUT2D eigenvalue weighted by Gasteiger charge is 2.67. The van der Waals surface area contributed by atoms with Gasteiger partial charge in [-0.3, -0.25) is 19.3 Å². The van der Waals surface area contributed by atoms with Crippen LogP contribution in [0.3, 0.4) is 0 Å². The number of hydrogen-bond donors (Lipinski definition) is 1. The summed E-state index contributed by atoms with van der Waals surface area (Å²) in [6.07, 6.45) is 0.168. The molecule has 0 radical (unpaired) electrons. The topological polar surface area (TPSA) is 112 Å². The average molecular weight is 807 g/mol. The summed E-state index contributed by atoms with van der Waals surface area (Å²) < 4.78 is 12.9. The molecule has 59 heavy (non-hydrogen) atoms. The van der Waals surface area contributed by atoms with Crippen molar-refractivity contribution in [1.82, 2.24) is 4.90 Å². The number of rotatable bonds is 12. The summed E-state index contributed by atoms with van der Waals surface area (Å²) in [5.41, 5.74) is 3.52. The number of carbonyl (C=O) groups is 3. The van der Waals surface area contributed by atoms with Gasteiger partial charge in [0.2, 0.25) is 11.8 Å². The minimum Gasteiger partial charge on any atom is -0.497 e. The molecule has 1 N–H and O–H groups in total. The Kier molecular flexibility index (Phi) is 11.1. The molecule has 8 rings (SSSR count). The second kappa shape index (κ2) is 16.4. The first-order valence-electron chi connectivity index (χ1n) is 20.3. The van der Waals surface area contributed by atoms with Crippen molar-refractivity contribution in [2.75, 3.05) is 30.2 Å². The molecule has 0 aromatic heterocycles.